The average Bonchev–Trinajstić information content (AvgIpc) is 3.37. The molecule has 2 saturated heterocycles. The summed E-state index contributed by atoms with van der Waals surface area (Å²) >= 11 is 5.28. The zero-order chi connectivity index (χ0) is 21.9. The van der Waals surface area contributed by atoms with Gasteiger partial charge in [-0.1, -0.05) is 49.6 Å². The Hall–Kier alpha value is -1.66. The molecular formula is C25H37NO4S. The van der Waals surface area contributed by atoms with Gasteiger partial charge in [0.1, 0.15) is 0 Å². The van der Waals surface area contributed by atoms with Crippen molar-refractivity contribution in [1.82, 2.24) is 5.32 Å². The van der Waals surface area contributed by atoms with E-state index in [0.29, 0.717) is 48.8 Å². The maximum atomic E-state index is 10.6. The maximum absolute atomic E-state index is 10.6. The normalized spacial score (nSPS) is 24.3. The first kappa shape index (κ1) is 24.0. The maximum Gasteiger partial charge on any atom is 0.303 e. The monoisotopic (exact) mass is 447 g/mol. The lowest BCUT2D eigenvalue weighted by Gasteiger charge is -2.28. The zero-order valence-corrected chi connectivity index (χ0v) is 19.3. The molecule has 6 heteroatoms. The van der Waals surface area contributed by atoms with Crippen molar-refractivity contribution >= 4 is 23.4 Å². The molecule has 0 radical (unpaired) electrons. The topological polar surface area (TPSA) is 67.8 Å². The van der Waals surface area contributed by atoms with E-state index < -0.39 is 5.97 Å². The molecule has 5 nitrogen and oxygen atoms in total. The van der Waals surface area contributed by atoms with Crippen LogP contribution >= 0.6 is 12.2 Å². The molecule has 2 aliphatic rings. The Kier molecular flexibility index (Phi) is 10.1. The van der Waals surface area contributed by atoms with Crippen molar-refractivity contribution in [3.05, 3.63) is 35.9 Å². The predicted molar refractivity (Wildman–Crippen MR) is 126 cm³/mol. The number of hydrogen-bond acceptors (Lipinski definition) is 4. The van der Waals surface area contributed by atoms with Crippen molar-refractivity contribution in [3.63, 3.8) is 0 Å². The first-order chi connectivity index (χ1) is 15.1. The van der Waals surface area contributed by atoms with Crippen molar-refractivity contribution in [1.29, 1.82) is 0 Å². The third kappa shape index (κ3) is 8.08. The van der Waals surface area contributed by atoms with Crippen molar-refractivity contribution < 1.29 is 19.4 Å². The summed E-state index contributed by atoms with van der Waals surface area (Å²) in [7, 11) is 0. The molecule has 2 aliphatic heterocycles. The summed E-state index contributed by atoms with van der Waals surface area (Å²) in [6.07, 6.45) is 12.4. The second-order valence-electron chi connectivity index (χ2n) is 8.94. The lowest BCUT2D eigenvalue weighted by molar-refractivity contribution is -0.137. The highest BCUT2D eigenvalue weighted by atomic mass is 32.1. The number of nitrogens with one attached hydrogen (secondary N) is 1. The highest BCUT2D eigenvalue weighted by molar-refractivity contribution is 7.80. The van der Waals surface area contributed by atoms with Crippen molar-refractivity contribution in [2.45, 2.75) is 89.4 Å². The van der Waals surface area contributed by atoms with Crippen LogP contribution in [0.15, 0.2) is 30.3 Å². The van der Waals surface area contributed by atoms with Gasteiger partial charge < -0.3 is 19.9 Å². The van der Waals surface area contributed by atoms with Crippen molar-refractivity contribution in [3.8, 4) is 0 Å². The second kappa shape index (κ2) is 13.0. The van der Waals surface area contributed by atoms with Crippen LogP contribution in [-0.4, -0.2) is 35.1 Å². The van der Waals surface area contributed by atoms with Gasteiger partial charge in [0.15, 0.2) is 0 Å². The van der Waals surface area contributed by atoms with Gasteiger partial charge in [-0.15, -0.1) is 0 Å². The fourth-order valence-corrected chi connectivity index (χ4v) is 5.30. The van der Waals surface area contributed by atoms with Gasteiger partial charge in [0, 0.05) is 13.0 Å². The van der Waals surface area contributed by atoms with E-state index in [1.54, 1.807) is 0 Å². The number of ether oxygens (including phenoxy) is 2. The minimum Gasteiger partial charge on any atom is -0.481 e. The Morgan fingerprint density at radius 2 is 1.65 bits per heavy atom. The van der Waals surface area contributed by atoms with Crippen molar-refractivity contribution in [2.75, 3.05) is 6.61 Å². The number of carbonyl (C=O) groups is 1. The Morgan fingerprint density at radius 3 is 2.32 bits per heavy atom. The van der Waals surface area contributed by atoms with Crippen LogP contribution in [-0.2, 0) is 20.8 Å². The Balaban J connectivity index is 1.26. The van der Waals surface area contributed by atoms with Gasteiger partial charge in [0.25, 0.3) is 5.17 Å². The summed E-state index contributed by atoms with van der Waals surface area (Å²) in [6, 6.07) is 10.2. The van der Waals surface area contributed by atoms with Gasteiger partial charge in [-0.3, -0.25) is 4.79 Å². The number of hydrogen-bond donors (Lipinski definition) is 2. The fourth-order valence-electron chi connectivity index (χ4n) is 5.15. The molecule has 0 saturated carbocycles. The van der Waals surface area contributed by atoms with Crippen molar-refractivity contribution in [2.24, 2.45) is 11.8 Å². The third-order valence-corrected chi connectivity index (χ3v) is 6.98. The lowest BCUT2D eigenvalue weighted by atomic mass is 9.74. The minimum atomic E-state index is -0.682. The summed E-state index contributed by atoms with van der Waals surface area (Å²) in [6.45, 7) is 1.36. The smallest absolute Gasteiger partial charge is 0.303 e. The van der Waals surface area contributed by atoms with E-state index in [1.807, 2.05) is 18.2 Å². The summed E-state index contributed by atoms with van der Waals surface area (Å²) < 4.78 is 11.9. The molecule has 2 N–H and O–H groups in total. The van der Waals surface area contributed by atoms with E-state index >= 15 is 0 Å². The van der Waals surface area contributed by atoms with Crippen LogP contribution in [0.2, 0.25) is 0 Å². The van der Waals surface area contributed by atoms with Crippen LogP contribution in [0.3, 0.4) is 0 Å². The van der Waals surface area contributed by atoms with Crippen LogP contribution in [0.4, 0.5) is 0 Å². The van der Waals surface area contributed by atoms with Gasteiger partial charge in [-0.25, -0.2) is 0 Å². The largest absolute Gasteiger partial charge is 0.481 e. The van der Waals surface area contributed by atoms with E-state index in [2.05, 4.69) is 17.4 Å². The summed E-state index contributed by atoms with van der Waals surface area (Å²) in [4.78, 5) is 10.6. The molecule has 31 heavy (non-hydrogen) atoms. The number of benzene rings is 1. The molecule has 1 aromatic carbocycles. The number of rotatable bonds is 14. The Bertz CT molecular complexity index is 683. The minimum absolute atomic E-state index is 0.299. The number of fused-ring (bicyclic) bond motifs is 2. The third-order valence-electron chi connectivity index (χ3n) is 6.71. The van der Waals surface area contributed by atoms with Gasteiger partial charge in [-0.05, 0) is 74.6 Å². The molecule has 0 spiro atoms. The van der Waals surface area contributed by atoms with E-state index in [1.165, 1.54) is 37.7 Å². The first-order valence-electron chi connectivity index (χ1n) is 12.0. The molecule has 0 aliphatic carbocycles. The molecule has 172 valence electrons. The highest BCUT2D eigenvalue weighted by Crippen LogP contribution is 2.47. The number of carboxylic acids is 1. The van der Waals surface area contributed by atoms with Gasteiger partial charge in [-0.2, -0.15) is 0 Å². The van der Waals surface area contributed by atoms with E-state index in [4.69, 9.17) is 26.8 Å². The SMILES string of the molecule is O=C(O)CCCCCC[C@H]1[C@H](CCCCOC(=S)NCc2ccccc2)[C@@H]2CC[C@H]1O2. The number of unbranched alkanes of at least 4 members (excludes halogenated alkanes) is 4. The fraction of sp³-hybridized carbons (Fsp3) is 0.680. The van der Waals surface area contributed by atoms with Crippen LogP contribution in [0.5, 0.6) is 0 Å². The standard InChI is InChI=1S/C25H37NO4S/c27-24(28)14-7-2-1-6-12-20-21(23-16-15-22(20)30-23)13-8-9-17-29-25(31)26-18-19-10-4-3-5-11-19/h3-5,10-11,20-23H,1-2,6-9,12-18H2,(H,26,31)(H,27,28)/t20-,21-,22+,23-/m0/s1. The summed E-state index contributed by atoms with van der Waals surface area (Å²) in [5.74, 6) is 0.687. The quantitative estimate of drug-likeness (QED) is 0.291. The van der Waals surface area contributed by atoms with E-state index in [-0.39, 0.29) is 0 Å². The van der Waals surface area contributed by atoms with Gasteiger partial charge >= 0.3 is 5.97 Å². The molecule has 1 aromatic rings. The predicted octanol–water partition coefficient (Wildman–Crippen LogP) is 5.47. The summed E-state index contributed by atoms with van der Waals surface area (Å²) in [5, 5.41) is 12.4. The Labute approximate surface area is 191 Å². The Morgan fingerprint density at radius 1 is 1.00 bits per heavy atom. The molecule has 0 unspecified atom stereocenters. The summed E-state index contributed by atoms with van der Waals surface area (Å²) in [5.41, 5.74) is 1.19. The molecular weight excluding hydrogens is 410 g/mol. The number of aliphatic carboxylic acids is 1. The average molecular weight is 448 g/mol. The zero-order valence-electron chi connectivity index (χ0n) is 18.5. The van der Waals surface area contributed by atoms with Crippen LogP contribution in [0.25, 0.3) is 0 Å². The van der Waals surface area contributed by atoms with Crippen LogP contribution < -0.4 is 5.32 Å². The first-order valence-corrected chi connectivity index (χ1v) is 12.4. The molecule has 0 aromatic heterocycles. The van der Waals surface area contributed by atoms with E-state index in [9.17, 15) is 4.79 Å². The molecule has 2 fully saturated rings. The molecule has 3 rings (SSSR count). The van der Waals surface area contributed by atoms with Gasteiger partial charge in [0.2, 0.25) is 0 Å². The molecule has 0 amide bonds. The second-order valence-corrected chi connectivity index (χ2v) is 9.31. The lowest BCUT2D eigenvalue weighted by Crippen LogP contribution is -2.27. The van der Waals surface area contributed by atoms with E-state index in [0.717, 1.165) is 32.1 Å². The molecule has 2 heterocycles. The van der Waals surface area contributed by atoms with Crippen LogP contribution in [0, 0.1) is 11.8 Å². The van der Waals surface area contributed by atoms with Crippen LogP contribution in [0.1, 0.15) is 76.2 Å². The molecule has 4 atom stereocenters. The number of thiocarbonyl (C=S) groups is 1. The number of carboxylic acid groups (broad SMARTS) is 1. The highest BCUT2D eigenvalue weighted by Gasteiger charge is 2.47. The molecule has 2 bridgehead atoms. The van der Waals surface area contributed by atoms with Gasteiger partial charge in [0.05, 0.1) is 18.8 Å².